The number of hydrogen-bond acceptors (Lipinski definition) is 2. The fourth-order valence-corrected chi connectivity index (χ4v) is 3.74. The van der Waals surface area contributed by atoms with Crippen molar-refractivity contribution < 1.29 is 9.53 Å². The monoisotopic (exact) mass is 398 g/mol. The number of H-pyrrole nitrogens is 1. The molecule has 0 fully saturated rings. The van der Waals surface area contributed by atoms with Gasteiger partial charge in [0, 0.05) is 38.6 Å². The van der Waals surface area contributed by atoms with Gasteiger partial charge in [-0.25, -0.2) is 0 Å². The van der Waals surface area contributed by atoms with Crippen LogP contribution in [0.15, 0.2) is 40.9 Å². The second-order valence-corrected chi connectivity index (χ2v) is 7.40. The lowest BCUT2D eigenvalue weighted by Crippen LogP contribution is -2.32. The van der Waals surface area contributed by atoms with Crippen LogP contribution in [0.25, 0.3) is 10.9 Å². The van der Waals surface area contributed by atoms with Gasteiger partial charge in [0.05, 0.1) is 12.6 Å². The van der Waals surface area contributed by atoms with Gasteiger partial charge in [-0.05, 0) is 55.8 Å². The average Bonchev–Trinajstić information content (AvgIpc) is 2.89. The molecule has 0 saturated carbocycles. The summed E-state index contributed by atoms with van der Waals surface area (Å²) in [6.45, 7) is 4.72. The van der Waals surface area contributed by atoms with Crippen LogP contribution in [-0.2, 0) is 0 Å². The Morgan fingerprint density at radius 3 is 2.92 bits per heavy atom. The fourth-order valence-electron chi connectivity index (χ4n) is 3.36. The maximum atomic E-state index is 12.8. The van der Waals surface area contributed by atoms with Crippen LogP contribution < -0.4 is 10.1 Å². The Morgan fingerprint density at radius 1 is 1.24 bits per heavy atom. The Labute approximate surface area is 154 Å². The van der Waals surface area contributed by atoms with E-state index in [1.165, 1.54) is 5.56 Å². The van der Waals surface area contributed by atoms with Gasteiger partial charge < -0.3 is 15.0 Å². The largest absolute Gasteiger partial charge is 0.493 e. The normalized spacial score (nSPS) is 16.4. The minimum absolute atomic E-state index is 0.0431. The first-order valence-electron chi connectivity index (χ1n) is 8.35. The van der Waals surface area contributed by atoms with Crippen molar-refractivity contribution in [1.82, 2.24) is 10.3 Å². The SMILES string of the molecule is Cc1[nH]c2ccc(C(=O)NC3CCOc4ccc(Br)cc43)cc2c1C. The highest BCUT2D eigenvalue weighted by Crippen LogP contribution is 2.34. The smallest absolute Gasteiger partial charge is 0.251 e. The molecule has 25 heavy (non-hydrogen) atoms. The molecule has 2 heterocycles. The van der Waals surface area contributed by atoms with Gasteiger partial charge in [0.2, 0.25) is 0 Å². The van der Waals surface area contributed by atoms with Gasteiger partial charge in [-0.15, -0.1) is 0 Å². The Balaban J connectivity index is 1.63. The van der Waals surface area contributed by atoms with E-state index in [0.717, 1.165) is 38.8 Å². The van der Waals surface area contributed by atoms with Gasteiger partial charge in [0.1, 0.15) is 5.75 Å². The molecule has 5 heteroatoms. The van der Waals surface area contributed by atoms with E-state index in [2.05, 4.69) is 33.2 Å². The molecule has 2 N–H and O–H groups in total. The van der Waals surface area contributed by atoms with E-state index in [0.29, 0.717) is 12.2 Å². The van der Waals surface area contributed by atoms with Gasteiger partial charge in [0.15, 0.2) is 0 Å². The summed E-state index contributed by atoms with van der Waals surface area (Å²) >= 11 is 3.49. The predicted octanol–water partition coefficient (Wildman–Crippen LogP) is 4.80. The molecule has 4 nitrogen and oxygen atoms in total. The Hall–Kier alpha value is -2.27. The lowest BCUT2D eigenvalue weighted by molar-refractivity contribution is 0.0925. The van der Waals surface area contributed by atoms with Crippen molar-refractivity contribution in [3.63, 3.8) is 0 Å². The van der Waals surface area contributed by atoms with Gasteiger partial charge in [-0.3, -0.25) is 4.79 Å². The lowest BCUT2D eigenvalue weighted by Gasteiger charge is -2.27. The maximum absolute atomic E-state index is 12.8. The summed E-state index contributed by atoms with van der Waals surface area (Å²) in [4.78, 5) is 16.1. The zero-order valence-electron chi connectivity index (χ0n) is 14.2. The van der Waals surface area contributed by atoms with Crippen molar-refractivity contribution in [1.29, 1.82) is 0 Å². The molecule has 1 amide bonds. The van der Waals surface area contributed by atoms with Gasteiger partial charge in [-0.1, -0.05) is 15.9 Å². The van der Waals surface area contributed by atoms with Gasteiger partial charge in [-0.2, -0.15) is 0 Å². The molecule has 4 rings (SSSR count). The number of carbonyl (C=O) groups excluding carboxylic acids is 1. The molecule has 1 aromatic heterocycles. The number of nitrogens with one attached hydrogen (secondary N) is 2. The quantitative estimate of drug-likeness (QED) is 0.651. The number of ether oxygens (including phenoxy) is 1. The third-order valence-corrected chi connectivity index (χ3v) is 5.38. The topological polar surface area (TPSA) is 54.1 Å². The van der Waals surface area contributed by atoms with E-state index in [-0.39, 0.29) is 11.9 Å². The summed E-state index contributed by atoms with van der Waals surface area (Å²) < 4.78 is 6.68. The van der Waals surface area contributed by atoms with Crippen LogP contribution in [0, 0.1) is 13.8 Å². The molecule has 0 spiro atoms. The number of aromatic amines is 1. The number of aromatic nitrogens is 1. The standard InChI is InChI=1S/C20H19BrN2O2/c1-11-12(2)22-17-5-3-13(9-15(11)17)20(24)23-18-7-8-25-19-6-4-14(21)10-16(18)19/h3-6,9-10,18,22H,7-8H2,1-2H3,(H,23,24). The van der Waals surface area contributed by atoms with E-state index >= 15 is 0 Å². The molecular weight excluding hydrogens is 380 g/mol. The molecule has 1 aliphatic heterocycles. The number of benzene rings is 2. The number of rotatable bonds is 2. The summed E-state index contributed by atoms with van der Waals surface area (Å²) in [5, 5.41) is 4.26. The summed E-state index contributed by atoms with van der Waals surface area (Å²) in [6.07, 6.45) is 0.764. The van der Waals surface area contributed by atoms with Crippen LogP contribution in [0.4, 0.5) is 0 Å². The summed E-state index contributed by atoms with van der Waals surface area (Å²) in [5.74, 6) is 0.783. The van der Waals surface area contributed by atoms with Crippen LogP contribution in [0.1, 0.15) is 39.6 Å². The van der Waals surface area contributed by atoms with Crippen molar-refractivity contribution in [2.45, 2.75) is 26.3 Å². The molecular formula is C20H19BrN2O2. The Kier molecular flexibility index (Phi) is 4.04. The molecule has 1 atom stereocenters. The maximum Gasteiger partial charge on any atom is 0.251 e. The van der Waals surface area contributed by atoms with E-state index < -0.39 is 0 Å². The number of hydrogen-bond donors (Lipinski definition) is 2. The second kappa shape index (κ2) is 6.23. The highest BCUT2D eigenvalue weighted by atomic mass is 79.9. The molecule has 1 unspecified atom stereocenters. The molecule has 0 radical (unpaired) electrons. The molecule has 0 bridgehead atoms. The van der Waals surface area contributed by atoms with E-state index in [1.807, 2.05) is 43.3 Å². The number of halogens is 1. The van der Waals surface area contributed by atoms with Crippen LogP contribution in [0.2, 0.25) is 0 Å². The third-order valence-electron chi connectivity index (χ3n) is 4.89. The molecule has 128 valence electrons. The Morgan fingerprint density at radius 2 is 2.08 bits per heavy atom. The number of carbonyl (C=O) groups is 1. The minimum Gasteiger partial charge on any atom is -0.493 e. The molecule has 0 saturated heterocycles. The molecule has 1 aliphatic rings. The van der Waals surface area contributed by atoms with Crippen molar-refractivity contribution in [2.24, 2.45) is 0 Å². The first-order chi connectivity index (χ1) is 12.0. The van der Waals surface area contributed by atoms with Crippen molar-refractivity contribution in [2.75, 3.05) is 6.61 Å². The molecule has 2 aromatic carbocycles. The summed E-state index contributed by atoms with van der Waals surface area (Å²) in [7, 11) is 0. The Bertz CT molecular complexity index is 977. The first kappa shape index (κ1) is 16.2. The van der Waals surface area contributed by atoms with Crippen molar-refractivity contribution >= 4 is 32.7 Å². The zero-order valence-corrected chi connectivity index (χ0v) is 15.7. The minimum atomic E-state index is -0.0574. The van der Waals surface area contributed by atoms with Crippen LogP contribution in [0.3, 0.4) is 0 Å². The number of aryl methyl sites for hydroxylation is 2. The first-order valence-corrected chi connectivity index (χ1v) is 9.14. The average molecular weight is 399 g/mol. The zero-order chi connectivity index (χ0) is 17.6. The summed E-state index contributed by atoms with van der Waals surface area (Å²) in [6, 6.07) is 11.7. The fraction of sp³-hybridized carbons (Fsp3) is 0.250. The lowest BCUT2D eigenvalue weighted by atomic mass is 10.00. The highest BCUT2D eigenvalue weighted by Gasteiger charge is 2.24. The third kappa shape index (κ3) is 2.93. The predicted molar refractivity (Wildman–Crippen MR) is 102 cm³/mol. The second-order valence-electron chi connectivity index (χ2n) is 6.48. The van der Waals surface area contributed by atoms with Crippen LogP contribution in [0.5, 0.6) is 5.75 Å². The van der Waals surface area contributed by atoms with E-state index in [1.54, 1.807) is 0 Å². The van der Waals surface area contributed by atoms with Crippen molar-refractivity contribution in [3.05, 3.63) is 63.3 Å². The number of amides is 1. The van der Waals surface area contributed by atoms with Gasteiger partial charge >= 0.3 is 0 Å². The van der Waals surface area contributed by atoms with E-state index in [9.17, 15) is 4.79 Å². The summed E-state index contributed by atoms with van der Waals surface area (Å²) in [5.41, 5.74) is 5.08. The highest BCUT2D eigenvalue weighted by molar-refractivity contribution is 9.10. The van der Waals surface area contributed by atoms with Crippen LogP contribution >= 0.6 is 15.9 Å². The molecule has 0 aliphatic carbocycles. The van der Waals surface area contributed by atoms with Gasteiger partial charge in [0.25, 0.3) is 5.91 Å². The van der Waals surface area contributed by atoms with Crippen LogP contribution in [-0.4, -0.2) is 17.5 Å². The number of fused-ring (bicyclic) bond motifs is 2. The van der Waals surface area contributed by atoms with E-state index in [4.69, 9.17) is 4.74 Å². The van der Waals surface area contributed by atoms with Crippen molar-refractivity contribution in [3.8, 4) is 5.75 Å². The molecule has 3 aromatic rings.